The molecule has 0 amide bonds. The molecule has 0 aromatic heterocycles. The summed E-state index contributed by atoms with van der Waals surface area (Å²) in [4.78, 5) is 14.6. The summed E-state index contributed by atoms with van der Waals surface area (Å²) >= 11 is 3.29. The Hall–Kier alpha value is -1.23. The Balaban J connectivity index is 2.13. The van der Waals surface area contributed by atoms with Gasteiger partial charge in [0.1, 0.15) is 0 Å². The molecule has 0 aliphatic rings. The number of thioether (sulfide) groups is 2. The van der Waals surface area contributed by atoms with Gasteiger partial charge in [-0.3, -0.25) is 4.79 Å². The maximum atomic E-state index is 12.4. The molecule has 4 heteroatoms. The predicted molar refractivity (Wildman–Crippen MR) is 95.0 cm³/mol. The molecule has 1 unspecified atom stereocenters. The van der Waals surface area contributed by atoms with Crippen molar-refractivity contribution in [2.45, 2.75) is 28.7 Å². The van der Waals surface area contributed by atoms with Crippen LogP contribution < -0.4 is 0 Å². The van der Waals surface area contributed by atoms with E-state index in [9.17, 15) is 9.90 Å². The summed E-state index contributed by atoms with van der Waals surface area (Å²) in [5, 5.41) is 10.7. The fraction of sp³-hybridized carbons (Fsp3) is 0.278. The van der Waals surface area contributed by atoms with Crippen molar-refractivity contribution in [3.05, 3.63) is 59.7 Å². The van der Waals surface area contributed by atoms with Gasteiger partial charge in [0.05, 0.1) is 5.60 Å². The Morgan fingerprint density at radius 2 is 1.41 bits per heavy atom. The molecule has 2 aromatic rings. The molecule has 0 saturated heterocycles. The number of rotatable bonds is 6. The van der Waals surface area contributed by atoms with Gasteiger partial charge in [0, 0.05) is 21.8 Å². The zero-order valence-electron chi connectivity index (χ0n) is 13.0. The zero-order chi connectivity index (χ0) is 16.2. The van der Waals surface area contributed by atoms with Crippen molar-refractivity contribution in [3.63, 3.8) is 0 Å². The van der Waals surface area contributed by atoms with Crippen molar-refractivity contribution in [1.82, 2.24) is 0 Å². The van der Waals surface area contributed by atoms with E-state index >= 15 is 0 Å². The van der Waals surface area contributed by atoms with Crippen LogP contribution in [-0.4, -0.2) is 23.4 Å². The van der Waals surface area contributed by atoms with E-state index in [1.54, 1.807) is 30.4 Å². The molecule has 0 radical (unpaired) electrons. The van der Waals surface area contributed by atoms with Crippen molar-refractivity contribution >= 4 is 29.3 Å². The Morgan fingerprint density at radius 3 is 1.86 bits per heavy atom. The SMILES string of the molecule is CSc1ccc(C(=O)CC(C)(O)c2ccc(SC)cc2)cc1. The molecule has 0 aliphatic heterocycles. The first kappa shape index (κ1) is 17.1. The molecule has 1 atom stereocenters. The molecule has 2 nitrogen and oxygen atoms in total. The summed E-state index contributed by atoms with van der Waals surface area (Å²) in [6, 6.07) is 15.2. The number of carbonyl (C=O) groups excluding carboxylic acids is 1. The number of hydrogen-bond acceptors (Lipinski definition) is 4. The Labute approximate surface area is 140 Å². The van der Waals surface area contributed by atoms with Gasteiger partial charge >= 0.3 is 0 Å². The van der Waals surface area contributed by atoms with Crippen molar-refractivity contribution < 1.29 is 9.90 Å². The summed E-state index contributed by atoms with van der Waals surface area (Å²) in [6.07, 6.45) is 4.08. The Morgan fingerprint density at radius 1 is 0.955 bits per heavy atom. The quantitative estimate of drug-likeness (QED) is 0.619. The predicted octanol–water partition coefficient (Wildman–Crippen LogP) is 4.61. The van der Waals surface area contributed by atoms with Gasteiger partial charge in [0.2, 0.25) is 0 Å². The second-order valence-electron chi connectivity index (χ2n) is 5.33. The van der Waals surface area contributed by atoms with Crippen LogP contribution >= 0.6 is 23.5 Å². The number of benzene rings is 2. The monoisotopic (exact) mass is 332 g/mol. The van der Waals surface area contributed by atoms with E-state index in [0.717, 1.165) is 15.4 Å². The van der Waals surface area contributed by atoms with E-state index in [2.05, 4.69) is 0 Å². The number of carbonyl (C=O) groups is 1. The van der Waals surface area contributed by atoms with Crippen molar-refractivity contribution in [2.75, 3.05) is 12.5 Å². The van der Waals surface area contributed by atoms with Crippen LogP contribution in [0.5, 0.6) is 0 Å². The minimum Gasteiger partial charge on any atom is -0.385 e. The number of hydrogen-bond donors (Lipinski definition) is 1. The van der Waals surface area contributed by atoms with Gasteiger partial charge in [-0.2, -0.15) is 0 Å². The minimum absolute atomic E-state index is 0.0494. The van der Waals surface area contributed by atoms with Crippen LogP contribution in [0.25, 0.3) is 0 Å². The van der Waals surface area contributed by atoms with E-state index in [1.165, 1.54) is 0 Å². The van der Waals surface area contributed by atoms with E-state index in [-0.39, 0.29) is 12.2 Å². The standard InChI is InChI=1S/C18H20O2S2/c1-18(20,14-6-10-16(22-3)11-7-14)12-17(19)13-4-8-15(21-2)9-5-13/h4-11,20H,12H2,1-3H3. The molecule has 0 bridgehead atoms. The third kappa shape index (κ3) is 4.15. The highest BCUT2D eigenvalue weighted by Crippen LogP contribution is 2.28. The Bertz CT molecular complexity index is 631. The minimum atomic E-state index is -1.16. The fourth-order valence-corrected chi connectivity index (χ4v) is 3.06. The fourth-order valence-electron chi connectivity index (χ4n) is 2.24. The van der Waals surface area contributed by atoms with Crippen LogP contribution in [-0.2, 0) is 5.60 Å². The van der Waals surface area contributed by atoms with Crippen LogP contribution in [0.2, 0.25) is 0 Å². The molecule has 116 valence electrons. The van der Waals surface area contributed by atoms with E-state index in [4.69, 9.17) is 0 Å². The lowest BCUT2D eigenvalue weighted by atomic mass is 9.89. The molecule has 2 rings (SSSR count). The van der Waals surface area contributed by atoms with Crippen LogP contribution in [0.3, 0.4) is 0 Å². The lowest BCUT2D eigenvalue weighted by molar-refractivity contribution is 0.0431. The third-order valence-electron chi connectivity index (χ3n) is 3.63. The van der Waals surface area contributed by atoms with Gasteiger partial charge in [0.15, 0.2) is 5.78 Å². The van der Waals surface area contributed by atoms with Gasteiger partial charge in [-0.05, 0) is 49.3 Å². The summed E-state index contributed by atoms with van der Waals surface area (Å²) in [6.45, 7) is 1.69. The maximum absolute atomic E-state index is 12.4. The van der Waals surface area contributed by atoms with Crippen molar-refractivity contribution in [3.8, 4) is 0 Å². The topological polar surface area (TPSA) is 37.3 Å². The summed E-state index contributed by atoms with van der Waals surface area (Å²) in [5.74, 6) is -0.0494. The van der Waals surface area contributed by atoms with Gasteiger partial charge in [-0.15, -0.1) is 23.5 Å². The maximum Gasteiger partial charge on any atom is 0.166 e. The van der Waals surface area contributed by atoms with Crippen molar-refractivity contribution in [1.29, 1.82) is 0 Å². The lowest BCUT2D eigenvalue weighted by Crippen LogP contribution is -2.25. The molecule has 1 N–H and O–H groups in total. The summed E-state index contributed by atoms with van der Waals surface area (Å²) < 4.78 is 0. The van der Waals surface area contributed by atoms with Crippen molar-refractivity contribution in [2.24, 2.45) is 0 Å². The summed E-state index contributed by atoms with van der Waals surface area (Å²) in [7, 11) is 0. The zero-order valence-corrected chi connectivity index (χ0v) is 14.6. The number of ketones is 1. The average Bonchev–Trinajstić information content (AvgIpc) is 2.54. The van der Waals surface area contributed by atoms with E-state index < -0.39 is 5.60 Å². The van der Waals surface area contributed by atoms with Crippen LogP contribution in [0, 0.1) is 0 Å². The Kier molecular flexibility index (Phi) is 5.73. The van der Waals surface area contributed by atoms with E-state index in [0.29, 0.717) is 5.56 Å². The first-order valence-electron chi connectivity index (χ1n) is 7.00. The third-order valence-corrected chi connectivity index (χ3v) is 5.12. The first-order valence-corrected chi connectivity index (χ1v) is 9.45. The van der Waals surface area contributed by atoms with Gasteiger partial charge in [-0.25, -0.2) is 0 Å². The van der Waals surface area contributed by atoms with Crippen LogP contribution in [0.1, 0.15) is 29.3 Å². The second kappa shape index (κ2) is 7.36. The highest BCUT2D eigenvalue weighted by molar-refractivity contribution is 7.98. The molecule has 0 heterocycles. The van der Waals surface area contributed by atoms with Crippen LogP contribution in [0.15, 0.2) is 58.3 Å². The van der Waals surface area contributed by atoms with E-state index in [1.807, 2.05) is 61.0 Å². The molecule has 0 aliphatic carbocycles. The first-order chi connectivity index (χ1) is 10.5. The van der Waals surface area contributed by atoms with Gasteiger partial charge < -0.3 is 5.11 Å². The molecule has 0 spiro atoms. The highest BCUT2D eigenvalue weighted by atomic mass is 32.2. The number of Topliss-reactive ketones (excluding diaryl/α,β-unsaturated/α-hetero) is 1. The number of aliphatic hydroxyl groups is 1. The average molecular weight is 332 g/mol. The van der Waals surface area contributed by atoms with Gasteiger partial charge in [0.25, 0.3) is 0 Å². The smallest absolute Gasteiger partial charge is 0.166 e. The van der Waals surface area contributed by atoms with Gasteiger partial charge in [-0.1, -0.05) is 24.3 Å². The van der Waals surface area contributed by atoms with Crippen LogP contribution in [0.4, 0.5) is 0 Å². The molecule has 0 fully saturated rings. The highest BCUT2D eigenvalue weighted by Gasteiger charge is 2.27. The molecular weight excluding hydrogens is 312 g/mol. The molecule has 0 saturated carbocycles. The largest absolute Gasteiger partial charge is 0.385 e. The molecule has 2 aromatic carbocycles. The lowest BCUT2D eigenvalue weighted by Gasteiger charge is -2.23. The molecular formula is C18H20O2S2. The molecule has 22 heavy (non-hydrogen) atoms. The summed E-state index contributed by atoms with van der Waals surface area (Å²) in [5.41, 5.74) is 0.241. The second-order valence-corrected chi connectivity index (χ2v) is 7.09. The normalized spacial score (nSPS) is 13.6.